The van der Waals surface area contributed by atoms with Crippen molar-refractivity contribution in [3.8, 4) is 0 Å². The Kier molecular flexibility index (Phi) is 6.07. The molecule has 0 saturated carbocycles. The average Bonchev–Trinajstić information content (AvgIpc) is 2.33. The van der Waals surface area contributed by atoms with Crippen LogP contribution in [-0.2, 0) is 9.53 Å². The van der Waals surface area contributed by atoms with E-state index in [0.29, 0.717) is 5.75 Å². The van der Waals surface area contributed by atoms with Gasteiger partial charge in [-0.25, -0.2) is 4.79 Å². The van der Waals surface area contributed by atoms with Gasteiger partial charge in [0.2, 0.25) is 0 Å². The van der Waals surface area contributed by atoms with Gasteiger partial charge in [-0.05, 0) is 26.3 Å². The van der Waals surface area contributed by atoms with Gasteiger partial charge in [0.25, 0.3) is 0 Å². The van der Waals surface area contributed by atoms with Gasteiger partial charge in [0.15, 0.2) is 5.12 Å². The number of amides is 1. The molecule has 110 valence electrons. The van der Waals surface area contributed by atoms with E-state index >= 15 is 0 Å². The number of thioether (sulfide) groups is 1. The Labute approximate surface area is 124 Å². The standard InChI is InChI=1S/C15H21NO3S/c1-11(17)20-10-13(12-8-6-5-7-9-12)16-14(18)19-15(2,3)4/h5-9,13H,10H2,1-4H3,(H,16,18)/t13-/m0/s1. The minimum Gasteiger partial charge on any atom is -0.444 e. The number of nitrogens with one attached hydrogen (secondary N) is 1. The largest absolute Gasteiger partial charge is 0.444 e. The Hall–Kier alpha value is -1.49. The van der Waals surface area contributed by atoms with Crippen LogP contribution in [0.15, 0.2) is 30.3 Å². The molecule has 0 aromatic heterocycles. The summed E-state index contributed by atoms with van der Waals surface area (Å²) in [6.07, 6.45) is -0.476. The fourth-order valence-corrected chi connectivity index (χ4v) is 2.23. The van der Waals surface area contributed by atoms with Gasteiger partial charge >= 0.3 is 6.09 Å². The molecule has 0 bridgehead atoms. The highest BCUT2D eigenvalue weighted by Crippen LogP contribution is 2.19. The smallest absolute Gasteiger partial charge is 0.408 e. The Bertz CT molecular complexity index is 454. The van der Waals surface area contributed by atoms with E-state index in [1.165, 1.54) is 18.7 Å². The number of hydrogen-bond donors (Lipinski definition) is 1. The summed E-state index contributed by atoms with van der Waals surface area (Å²) in [4.78, 5) is 23.0. The third-order valence-corrected chi connectivity index (χ3v) is 3.25. The fraction of sp³-hybridized carbons (Fsp3) is 0.467. The molecule has 0 aliphatic carbocycles. The molecule has 1 atom stereocenters. The van der Waals surface area contributed by atoms with Crippen LogP contribution in [0.25, 0.3) is 0 Å². The third-order valence-electron chi connectivity index (χ3n) is 2.35. The third kappa shape index (κ3) is 6.61. The van der Waals surface area contributed by atoms with Crippen LogP contribution in [0.4, 0.5) is 4.79 Å². The normalized spacial score (nSPS) is 12.6. The molecule has 0 aliphatic heterocycles. The van der Waals surface area contributed by atoms with Crippen molar-refractivity contribution in [1.29, 1.82) is 0 Å². The van der Waals surface area contributed by atoms with E-state index < -0.39 is 11.7 Å². The van der Waals surface area contributed by atoms with E-state index in [9.17, 15) is 9.59 Å². The first-order chi connectivity index (χ1) is 9.28. The summed E-state index contributed by atoms with van der Waals surface area (Å²) in [7, 11) is 0. The molecule has 0 heterocycles. The summed E-state index contributed by atoms with van der Waals surface area (Å²) in [6, 6.07) is 9.30. The summed E-state index contributed by atoms with van der Waals surface area (Å²) in [5.74, 6) is 0.485. The molecule has 0 radical (unpaired) electrons. The molecule has 1 rings (SSSR count). The number of alkyl carbamates (subject to hydrolysis) is 1. The second kappa shape index (κ2) is 7.33. The van der Waals surface area contributed by atoms with Gasteiger partial charge in [-0.1, -0.05) is 42.1 Å². The van der Waals surface area contributed by atoms with Gasteiger partial charge in [-0.2, -0.15) is 0 Å². The molecular formula is C15H21NO3S. The SMILES string of the molecule is CC(=O)SC[C@H](NC(=O)OC(C)(C)C)c1ccccc1. The highest BCUT2D eigenvalue weighted by atomic mass is 32.2. The second-order valence-electron chi connectivity index (χ2n) is 5.41. The van der Waals surface area contributed by atoms with Gasteiger partial charge < -0.3 is 10.1 Å². The summed E-state index contributed by atoms with van der Waals surface area (Å²) < 4.78 is 5.25. The monoisotopic (exact) mass is 295 g/mol. The first-order valence-corrected chi connectivity index (χ1v) is 7.44. The summed E-state index contributed by atoms with van der Waals surface area (Å²) >= 11 is 1.18. The predicted molar refractivity (Wildman–Crippen MR) is 81.7 cm³/mol. The molecule has 0 saturated heterocycles. The molecular weight excluding hydrogens is 274 g/mol. The molecule has 0 aliphatic rings. The molecule has 1 amide bonds. The number of hydrogen-bond acceptors (Lipinski definition) is 4. The molecule has 0 fully saturated rings. The summed E-state index contributed by atoms with van der Waals surface area (Å²) in [6.45, 7) is 6.96. The summed E-state index contributed by atoms with van der Waals surface area (Å²) in [5, 5.41) is 2.84. The maximum Gasteiger partial charge on any atom is 0.408 e. The van der Waals surface area contributed by atoms with Crippen LogP contribution in [0.3, 0.4) is 0 Å². The van der Waals surface area contributed by atoms with Crippen LogP contribution in [0.5, 0.6) is 0 Å². The predicted octanol–water partition coefficient (Wildman–Crippen LogP) is 3.53. The maximum absolute atomic E-state index is 11.9. The van der Waals surface area contributed by atoms with Crippen molar-refractivity contribution >= 4 is 23.0 Å². The van der Waals surface area contributed by atoms with Gasteiger partial charge in [-0.15, -0.1) is 0 Å². The van der Waals surface area contributed by atoms with Crippen molar-refractivity contribution in [2.24, 2.45) is 0 Å². The van der Waals surface area contributed by atoms with E-state index in [4.69, 9.17) is 4.74 Å². The Balaban J connectivity index is 2.73. The number of carbonyl (C=O) groups excluding carboxylic acids is 2. The minimum atomic E-state index is -0.543. The first kappa shape index (κ1) is 16.6. The zero-order valence-corrected chi connectivity index (χ0v) is 13.1. The van der Waals surface area contributed by atoms with Crippen molar-refractivity contribution < 1.29 is 14.3 Å². The Morgan fingerprint density at radius 2 is 1.85 bits per heavy atom. The van der Waals surface area contributed by atoms with Crippen molar-refractivity contribution in [2.75, 3.05) is 5.75 Å². The van der Waals surface area contributed by atoms with Crippen LogP contribution in [0, 0.1) is 0 Å². The lowest BCUT2D eigenvalue weighted by atomic mass is 10.1. The van der Waals surface area contributed by atoms with Gasteiger partial charge in [0, 0.05) is 12.7 Å². The Morgan fingerprint density at radius 3 is 2.35 bits per heavy atom. The Morgan fingerprint density at radius 1 is 1.25 bits per heavy atom. The minimum absolute atomic E-state index is 0.0249. The van der Waals surface area contributed by atoms with E-state index in [1.807, 2.05) is 51.1 Å². The number of carbonyl (C=O) groups is 2. The molecule has 1 aromatic rings. The average molecular weight is 295 g/mol. The molecule has 1 aromatic carbocycles. The van der Waals surface area contributed by atoms with Gasteiger partial charge in [0.05, 0.1) is 6.04 Å². The number of rotatable bonds is 4. The number of ether oxygens (including phenoxy) is 1. The van der Waals surface area contributed by atoms with Crippen LogP contribution in [0.1, 0.15) is 39.3 Å². The zero-order chi connectivity index (χ0) is 15.2. The van der Waals surface area contributed by atoms with E-state index in [0.717, 1.165) is 5.56 Å². The van der Waals surface area contributed by atoms with Gasteiger partial charge in [0.1, 0.15) is 5.60 Å². The van der Waals surface area contributed by atoms with Crippen LogP contribution < -0.4 is 5.32 Å². The first-order valence-electron chi connectivity index (χ1n) is 6.46. The van der Waals surface area contributed by atoms with E-state index in [1.54, 1.807) is 0 Å². The van der Waals surface area contributed by atoms with Crippen molar-refractivity contribution in [1.82, 2.24) is 5.32 Å². The molecule has 5 heteroatoms. The maximum atomic E-state index is 11.9. The fourth-order valence-electron chi connectivity index (χ4n) is 1.56. The second-order valence-corrected chi connectivity index (χ2v) is 6.61. The van der Waals surface area contributed by atoms with E-state index in [-0.39, 0.29) is 11.2 Å². The van der Waals surface area contributed by atoms with Crippen molar-refractivity contribution in [3.63, 3.8) is 0 Å². The highest BCUT2D eigenvalue weighted by Gasteiger charge is 2.20. The van der Waals surface area contributed by atoms with Crippen molar-refractivity contribution in [2.45, 2.75) is 39.3 Å². The summed E-state index contributed by atoms with van der Waals surface area (Å²) in [5.41, 5.74) is 0.408. The molecule has 20 heavy (non-hydrogen) atoms. The highest BCUT2D eigenvalue weighted by molar-refractivity contribution is 8.13. The number of benzene rings is 1. The quantitative estimate of drug-likeness (QED) is 0.923. The van der Waals surface area contributed by atoms with Crippen LogP contribution in [-0.4, -0.2) is 22.6 Å². The lowest BCUT2D eigenvalue weighted by molar-refractivity contribution is -0.109. The molecule has 0 unspecified atom stereocenters. The lowest BCUT2D eigenvalue weighted by Crippen LogP contribution is -2.36. The lowest BCUT2D eigenvalue weighted by Gasteiger charge is -2.23. The molecule has 1 N–H and O–H groups in total. The van der Waals surface area contributed by atoms with Crippen LogP contribution in [0.2, 0.25) is 0 Å². The molecule has 4 nitrogen and oxygen atoms in total. The zero-order valence-electron chi connectivity index (χ0n) is 12.3. The molecule has 0 spiro atoms. The van der Waals surface area contributed by atoms with Gasteiger partial charge in [-0.3, -0.25) is 4.79 Å². The van der Waals surface area contributed by atoms with Crippen molar-refractivity contribution in [3.05, 3.63) is 35.9 Å². The topological polar surface area (TPSA) is 55.4 Å². The van der Waals surface area contributed by atoms with E-state index in [2.05, 4.69) is 5.32 Å². The van der Waals surface area contributed by atoms with Crippen LogP contribution >= 0.6 is 11.8 Å².